The molecule has 0 bridgehead atoms. The lowest BCUT2D eigenvalue weighted by Crippen LogP contribution is -2.62. The van der Waals surface area contributed by atoms with Gasteiger partial charge in [-0.05, 0) is 12.5 Å². The Morgan fingerprint density at radius 3 is 2.50 bits per heavy atom. The maximum atomic E-state index is 12.8. The first-order chi connectivity index (χ1) is 15.2. The van der Waals surface area contributed by atoms with Gasteiger partial charge in [-0.25, -0.2) is 9.78 Å². The van der Waals surface area contributed by atoms with Gasteiger partial charge in [0.05, 0.1) is 24.9 Å². The molecular weight excluding hydrogens is 437 g/mol. The summed E-state index contributed by atoms with van der Waals surface area (Å²) < 4.78 is 37.6. The molecule has 32 heavy (non-hydrogen) atoms. The number of H-pyrrole nitrogens is 1. The lowest BCUT2D eigenvalue weighted by molar-refractivity contribution is -0.192. The molecule has 2 aromatic rings. The third kappa shape index (κ3) is 5.38. The van der Waals surface area contributed by atoms with Gasteiger partial charge in [0.2, 0.25) is 0 Å². The van der Waals surface area contributed by atoms with E-state index >= 15 is 0 Å². The Morgan fingerprint density at radius 1 is 1.16 bits per heavy atom. The van der Waals surface area contributed by atoms with Gasteiger partial charge in [-0.15, -0.1) is 0 Å². The molecule has 0 aliphatic carbocycles. The second-order valence-electron chi connectivity index (χ2n) is 6.88. The molecule has 2 amide bonds. The Balaban J connectivity index is 0.000000360. The van der Waals surface area contributed by atoms with Crippen molar-refractivity contribution in [2.24, 2.45) is 0 Å². The lowest BCUT2D eigenvalue weighted by atomic mass is 9.98. The van der Waals surface area contributed by atoms with E-state index in [1.165, 1.54) is 18.6 Å². The second kappa shape index (κ2) is 9.72. The second-order valence-corrected chi connectivity index (χ2v) is 6.88. The number of aliphatic carboxylic acids is 1. The van der Waals surface area contributed by atoms with Crippen LogP contribution in [0.2, 0.25) is 0 Å². The van der Waals surface area contributed by atoms with Gasteiger partial charge in [-0.2, -0.15) is 18.3 Å². The van der Waals surface area contributed by atoms with Crippen molar-refractivity contribution in [2.75, 3.05) is 26.2 Å². The molecule has 14 heteroatoms. The molecule has 0 unspecified atom stereocenters. The highest BCUT2D eigenvalue weighted by molar-refractivity contribution is 5.93. The predicted molar refractivity (Wildman–Crippen MR) is 99.4 cm³/mol. The Kier molecular flexibility index (Phi) is 7.02. The Hall–Kier alpha value is -3.55. The number of hydrogen-bond donors (Lipinski definition) is 2. The third-order valence-electron chi connectivity index (χ3n) is 4.89. The smallest absolute Gasteiger partial charge is 0.475 e. The van der Waals surface area contributed by atoms with E-state index in [9.17, 15) is 22.8 Å². The Morgan fingerprint density at radius 2 is 1.91 bits per heavy atom. The standard InChI is InChI=1S/C16H18N6O3.C2HF3O2/c23-15(11-1-3-19-20-11)21-6-2-14-13(10-21)22(7-8-25-14)16(24)12-9-17-4-5-18-12;3-2(4,5)1(6)7/h1,3-5,9,13-14H,2,6-8,10H2,(H,19,20);(H,6,7)/t13-,14-;/m0./s1. The zero-order valence-electron chi connectivity index (χ0n) is 16.5. The van der Waals surface area contributed by atoms with Gasteiger partial charge in [-0.1, -0.05) is 0 Å². The number of halogens is 3. The van der Waals surface area contributed by atoms with Gasteiger partial charge in [0, 0.05) is 38.2 Å². The molecule has 0 spiro atoms. The monoisotopic (exact) mass is 456 g/mol. The number of carbonyl (C=O) groups excluding carboxylic acids is 2. The van der Waals surface area contributed by atoms with Crippen molar-refractivity contribution in [3.63, 3.8) is 0 Å². The largest absolute Gasteiger partial charge is 0.490 e. The van der Waals surface area contributed by atoms with E-state index in [-0.39, 0.29) is 24.0 Å². The fourth-order valence-corrected chi connectivity index (χ4v) is 3.41. The normalized spacial score (nSPS) is 20.6. The molecule has 2 atom stereocenters. The molecule has 2 fully saturated rings. The van der Waals surface area contributed by atoms with Crippen molar-refractivity contribution in [1.82, 2.24) is 30.0 Å². The number of aromatic amines is 1. The highest BCUT2D eigenvalue weighted by Crippen LogP contribution is 2.25. The van der Waals surface area contributed by atoms with E-state index in [1.54, 1.807) is 22.1 Å². The van der Waals surface area contributed by atoms with Gasteiger partial charge in [0.25, 0.3) is 11.8 Å². The summed E-state index contributed by atoms with van der Waals surface area (Å²) in [4.78, 5) is 45.8. The van der Waals surface area contributed by atoms with Crippen molar-refractivity contribution in [3.05, 3.63) is 42.2 Å². The summed E-state index contributed by atoms with van der Waals surface area (Å²) in [5.41, 5.74) is 0.752. The number of nitrogens with zero attached hydrogens (tertiary/aromatic N) is 5. The zero-order chi connectivity index (χ0) is 23.3. The summed E-state index contributed by atoms with van der Waals surface area (Å²) >= 11 is 0. The van der Waals surface area contributed by atoms with E-state index in [2.05, 4.69) is 20.2 Å². The van der Waals surface area contributed by atoms with Gasteiger partial charge in [-0.3, -0.25) is 19.7 Å². The molecule has 0 saturated carbocycles. The molecular formula is C18H19F3N6O5. The SMILES string of the molecule is O=C(O)C(F)(F)F.O=C(c1ccn[nH]1)N1CC[C@@H]2OCCN(C(=O)c3cnccn3)[C@H]2C1. The summed E-state index contributed by atoms with van der Waals surface area (Å²) in [7, 11) is 0. The fourth-order valence-electron chi connectivity index (χ4n) is 3.41. The number of nitrogens with one attached hydrogen (secondary N) is 1. The van der Waals surface area contributed by atoms with Gasteiger partial charge in [0.1, 0.15) is 11.4 Å². The minimum absolute atomic E-state index is 0.0693. The number of rotatable bonds is 2. The maximum Gasteiger partial charge on any atom is 0.490 e. The number of fused-ring (bicyclic) bond motifs is 1. The van der Waals surface area contributed by atoms with Crippen molar-refractivity contribution in [3.8, 4) is 0 Å². The minimum atomic E-state index is -5.08. The summed E-state index contributed by atoms with van der Waals surface area (Å²) in [6.07, 6.45) is 1.58. The zero-order valence-corrected chi connectivity index (χ0v) is 16.5. The number of likely N-dealkylation sites (tertiary alicyclic amines) is 1. The number of piperidine rings is 1. The van der Waals surface area contributed by atoms with Crippen molar-refractivity contribution in [2.45, 2.75) is 24.7 Å². The van der Waals surface area contributed by atoms with Crippen LogP contribution in [-0.2, 0) is 9.53 Å². The minimum Gasteiger partial charge on any atom is -0.475 e. The van der Waals surface area contributed by atoms with Crippen molar-refractivity contribution in [1.29, 1.82) is 0 Å². The quantitative estimate of drug-likeness (QED) is 0.669. The number of amides is 2. The Labute approximate surface area is 179 Å². The highest BCUT2D eigenvalue weighted by Gasteiger charge is 2.41. The van der Waals surface area contributed by atoms with Crippen LogP contribution in [0.5, 0.6) is 0 Å². The third-order valence-corrected chi connectivity index (χ3v) is 4.89. The van der Waals surface area contributed by atoms with Crippen molar-refractivity contribution < 1.29 is 37.4 Å². The van der Waals surface area contributed by atoms with Crippen LogP contribution in [0.4, 0.5) is 13.2 Å². The van der Waals surface area contributed by atoms with E-state index in [1.807, 2.05) is 0 Å². The summed E-state index contributed by atoms with van der Waals surface area (Å²) in [5, 5.41) is 13.6. The van der Waals surface area contributed by atoms with Crippen LogP contribution >= 0.6 is 0 Å². The number of alkyl halides is 3. The van der Waals surface area contributed by atoms with Crippen LogP contribution in [0, 0.1) is 0 Å². The summed E-state index contributed by atoms with van der Waals surface area (Å²) in [6, 6.07) is 1.46. The molecule has 4 heterocycles. The number of ether oxygens (including phenoxy) is 1. The number of hydrogen-bond acceptors (Lipinski definition) is 7. The van der Waals surface area contributed by atoms with E-state index < -0.39 is 12.1 Å². The number of aromatic nitrogens is 4. The first kappa shape index (κ1) is 23.1. The average molecular weight is 456 g/mol. The molecule has 2 aliphatic rings. The molecule has 0 radical (unpaired) electrons. The molecule has 11 nitrogen and oxygen atoms in total. The number of carbonyl (C=O) groups is 3. The van der Waals surface area contributed by atoms with Crippen LogP contribution in [0.25, 0.3) is 0 Å². The van der Waals surface area contributed by atoms with Crippen LogP contribution in [0.3, 0.4) is 0 Å². The molecule has 172 valence electrons. The maximum absolute atomic E-state index is 12.8. The molecule has 2 aliphatic heterocycles. The first-order valence-electron chi connectivity index (χ1n) is 9.46. The van der Waals surface area contributed by atoms with Gasteiger partial charge in [0.15, 0.2) is 0 Å². The number of morpholine rings is 1. The Bertz CT molecular complexity index is 940. The summed E-state index contributed by atoms with van der Waals surface area (Å²) in [5.74, 6) is -3.05. The summed E-state index contributed by atoms with van der Waals surface area (Å²) in [6.45, 7) is 1.98. The van der Waals surface area contributed by atoms with Gasteiger partial charge < -0.3 is 19.6 Å². The topological polar surface area (TPSA) is 142 Å². The predicted octanol–water partition coefficient (Wildman–Crippen LogP) is 0.589. The number of carboxylic acids is 1. The van der Waals surface area contributed by atoms with Crippen LogP contribution < -0.4 is 0 Å². The van der Waals surface area contributed by atoms with Crippen molar-refractivity contribution >= 4 is 17.8 Å². The van der Waals surface area contributed by atoms with E-state index in [4.69, 9.17) is 14.6 Å². The molecule has 2 aromatic heterocycles. The molecule has 2 N–H and O–H groups in total. The number of carboxylic acid groups (broad SMARTS) is 1. The van der Waals surface area contributed by atoms with Crippen LogP contribution in [0.1, 0.15) is 27.4 Å². The average Bonchev–Trinajstić information content (AvgIpc) is 3.33. The lowest BCUT2D eigenvalue weighted by Gasteiger charge is -2.46. The molecule has 4 rings (SSSR count). The fraction of sp³-hybridized carbons (Fsp3) is 0.444. The highest BCUT2D eigenvalue weighted by atomic mass is 19.4. The molecule has 0 aromatic carbocycles. The van der Waals surface area contributed by atoms with Crippen LogP contribution in [-0.4, -0.2) is 97.4 Å². The molecule has 2 saturated heterocycles. The van der Waals surface area contributed by atoms with Gasteiger partial charge >= 0.3 is 12.1 Å². The van der Waals surface area contributed by atoms with E-state index in [0.29, 0.717) is 44.0 Å². The first-order valence-corrected chi connectivity index (χ1v) is 9.46. The van der Waals surface area contributed by atoms with E-state index in [0.717, 1.165) is 0 Å². The van der Waals surface area contributed by atoms with Crippen LogP contribution in [0.15, 0.2) is 30.9 Å².